The molecule has 2 heteroatoms. The van der Waals surface area contributed by atoms with Gasteiger partial charge >= 0.3 is 0 Å². The zero-order chi connectivity index (χ0) is 10.4. The first-order valence-corrected chi connectivity index (χ1v) is 5.57. The summed E-state index contributed by atoms with van der Waals surface area (Å²) in [6.07, 6.45) is 11.1. The Morgan fingerprint density at radius 3 is 2.57 bits per heavy atom. The Morgan fingerprint density at radius 1 is 1.50 bits per heavy atom. The molecular weight excluding hydrogens is 174 g/mol. The van der Waals surface area contributed by atoms with Crippen LogP contribution in [-0.2, 0) is 0 Å². The molecular formula is C12H21NO. The molecule has 0 aromatic heterocycles. The van der Waals surface area contributed by atoms with E-state index in [-0.39, 0.29) is 11.5 Å². The van der Waals surface area contributed by atoms with E-state index in [0.29, 0.717) is 6.61 Å². The second-order valence-electron chi connectivity index (χ2n) is 4.37. The zero-order valence-electron chi connectivity index (χ0n) is 9.05. The molecule has 2 nitrogen and oxygen atoms in total. The quantitative estimate of drug-likeness (QED) is 0.652. The van der Waals surface area contributed by atoms with Gasteiger partial charge in [0.05, 0.1) is 6.04 Å². The second-order valence-corrected chi connectivity index (χ2v) is 4.37. The lowest BCUT2D eigenvalue weighted by Crippen LogP contribution is -2.39. The minimum absolute atomic E-state index is 0.115. The van der Waals surface area contributed by atoms with Crippen LogP contribution in [0.5, 0.6) is 0 Å². The molecule has 14 heavy (non-hydrogen) atoms. The Hall–Kier alpha value is -0.520. The highest BCUT2D eigenvalue weighted by Gasteiger charge is 2.33. The van der Waals surface area contributed by atoms with Crippen LogP contribution in [0.3, 0.4) is 0 Å². The van der Waals surface area contributed by atoms with E-state index in [9.17, 15) is 5.11 Å². The Morgan fingerprint density at radius 2 is 2.14 bits per heavy atom. The average Bonchev–Trinajstić information content (AvgIpc) is 2.69. The Bertz CT molecular complexity index is 201. The molecule has 0 aromatic carbocycles. The normalized spacial score (nSPS) is 21.8. The molecule has 1 aliphatic carbocycles. The van der Waals surface area contributed by atoms with Gasteiger partial charge in [-0.3, -0.25) is 0 Å². The van der Waals surface area contributed by atoms with Gasteiger partial charge in [-0.25, -0.2) is 0 Å². The zero-order valence-corrected chi connectivity index (χ0v) is 9.05. The highest BCUT2D eigenvalue weighted by molar-refractivity contribution is 4.99. The van der Waals surface area contributed by atoms with E-state index < -0.39 is 0 Å². The molecule has 0 heterocycles. The van der Waals surface area contributed by atoms with Crippen LogP contribution in [0.2, 0.25) is 0 Å². The first-order valence-electron chi connectivity index (χ1n) is 5.57. The molecule has 1 aliphatic rings. The van der Waals surface area contributed by atoms with Crippen molar-refractivity contribution in [2.45, 2.75) is 45.1 Å². The predicted molar refractivity (Wildman–Crippen MR) is 58.9 cm³/mol. The summed E-state index contributed by atoms with van der Waals surface area (Å²) in [6.45, 7) is 3.24. The summed E-state index contributed by atoms with van der Waals surface area (Å²) >= 11 is 0. The summed E-state index contributed by atoms with van der Waals surface area (Å²) in [5.74, 6) is 2.72. The summed E-state index contributed by atoms with van der Waals surface area (Å²) in [6, 6.07) is 0.166. The number of rotatable bonds is 5. The van der Waals surface area contributed by atoms with E-state index in [2.05, 4.69) is 18.2 Å². The van der Waals surface area contributed by atoms with Crippen LogP contribution in [0, 0.1) is 17.8 Å². The minimum atomic E-state index is 0.115. The van der Waals surface area contributed by atoms with Gasteiger partial charge in [-0.2, -0.15) is 0 Å². The van der Waals surface area contributed by atoms with Gasteiger partial charge in [0.15, 0.2) is 0 Å². The summed E-state index contributed by atoms with van der Waals surface area (Å²) in [5, 5.41) is 12.7. The van der Waals surface area contributed by atoms with Gasteiger partial charge in [0.25, 0.3) is 0 Å². The van der Waals surface area contributed by atoms with Gasteiger partial charge in [-0.1, -0.05) is 25.7 Å². The molecule has 0 spiro atoms. The van der Waals surface area contributed by atoms with Gasteiger partial charge in [0.2, 0.25) is 0 Å². The molecule has 2 N–H and O–H groups in total. The first-order chi connectivity index (χ1) is 6.76. The highest BCUT2D eigenvalue weighted by atomic mass is 16.3. The lowest BCUT2D eigenvalue weighted by atomic mass is 9.87. The topological polar surface area (TPSA) is 32.3 Å². The van der Waals surface area contributed by atoms with Gasteiger partial charge in [-0.15, -0.1) is 6.42 Å². The van der Waals surface area contributed by atoms with Crippen molar-refractivity contribution >= 4 is 0 Å². The fourth-order valence-corrected chi connectivity index (χ4v) is 2.18. The fourth-order valence-electron chi connectivity index (χ4n) is 2.18. The van der Waals surface area contributed by atoms with Crippen molar-refractivity contribution in [2.75, 3.05) is 13.2 Å². The summed E-state index contributed by atoms with van der Waals surface area (Å²) in [7, 11) is 0. The van der Waals surface area contributed by atoms with Crippen LogP contribution in [-0.4, -0.2) is 24.3 Å². The molecule has 0 radical (unpaired) electrons. The van der Waals surface area contributed by atoms with Crippen LogP contribution in [0.25, 0.3) is 0 Å². The predicted octanol–water partition coefficient (Wildman–Crippen LogP) is 1.54. The van der Waals surface area contributed by atoms with Gasteiger partial charge in [0.1, 0.15) is 0 Å². The minimum Gasteiger partial charge on any atom is -0.396 e. The number of hydrogen-bond donors (Lipinski definition) is 2. The smallest absolute Gasteiger partial charge is 0.0684 e. The lowest BCUT2D eigenvalue weighted by molar-refractivity contribution is 0.126. The second kappa shape index (κ2) is 5.38. The number of aliphatic hydroxyl groups excluding tert-OH is 1. The van der Waals surface area contributed by atoms with Crippen molar-refractivity contribution in [2.24, 2.45) is 5.41 Å². The van der Waals surface area contributed by atoms with E-state index in [1.54, 1.807) is 0 Å². The third kappa shape index (κ3) is 2.73. The van der Waals surface area contributed by atoms with Gasteiger partial charge in [0, 0.05) is 18.6 Å². The van der Waals surface area contributed by atoms with Crippen molar-refractivity contribution < 1.29 is 5.11 Å². The van der Waals surface area contributed by atoms with E-state index in [0.717, 1.165) is 25.8 Å². The first kappa shape index (κ1) is 11.6. The Kier molecular flexibility index (Phi) is 4.44. The van der Waals surface area contributed by atoms with Crippen LogP contribution >= 0.6 is 0 Å². The molecule has 0 bridgehead atoms. The average molecular weight is 195 g/mol. The Labute approximate surface area is 87.1 Å². The third-order valence-corrected chi connectivity index (χ3v) is 3.33. The van der Waals surface area contributed by atoms with Gasteiger partial charge in [-0.05, 0) is 19.3 Å². The molecule has 0 aliphatic heterocycles. The monoisotopic (exact) mass is 195 g/mol. The van der Waals surface area contributed by atoms with Crippen LogP contribution in [0.15, 0.2) is 0 Å². The standard InChI is InChI=1S/C12H21NO/c1-3-11(4-2)13-9-12(10-14)7-5-6-8-12/h1,11,13-14H,4-10H2,2H3. The van der Waals surface area contributed by atoms with Crippen LogP contribution in [0.1, 0.15) is 39.0 Å². The maximum atomic E-state index is 9.38. The van der Waals surface area contributed by atoms with E-state index in [4.69, 9.17) is 6.42 Å². The maximum Gasteiger partial charge on any atom is 0.0684 e. The molecule has 1 saturated carbocycles. The summed E-state index contributed by atoms with van der Waals surface area (Å²) < 4.78 is 0. The molecule has 80 valence electrons. The van der Waals surface area contributed by atoms with Crippen molar-refractivity contribution in [1.82, 2.24) is 5.32 Å². The molecule has 0 amide bonds. The lowest BCUT2D eigenvalue weighted by Gasteiger charge is -2.28. The molecule has 1 fully saturated rings. The molecule has 1 unspecified atom stereocenters. The molecule has 0 saturated heterocycles. The molecule has 0 aromatic rings. The Balaban J connectivity index is 2.38. The van der Waals surface area contributed by atoms with Crippen LogP contribution < -0.4 is 5.32 Å². The van der Waals surface area contributed by atoms with E-state index in [1.807, 2.05) is 0 Å². The van der Waals surface area contributed by atoms with Crippen molar-refractivity contribution in [3.63, 3.8) is 0 Å². The largest absolute Gasteiger partial charge is 0.396 e. The summed E-state index contributed by atoms with van der Waals surface area (Å²) in [4.78, 5) is 0. The van der Waals surface area contributed by atoms with Crippen LogP contribution in [0.4, 0.5) is 0 Å². The van der Waals surface area contributed by atoms with Crippen molar-refractivity contribution in [3.8, 4) is 12.3 Å². The molecule has 1 rings (SSSR count). The van der Waals surface area contributed by atoms with Gasteiger partial charge < -0.3 is 10.4 Å². The third-order valence-electron chi connectivity index (χ3n) is 3.33. The number of nitrogens with one attached hydrogen (secondary N) is 1. The van der Waals surface area contributed by atoms with Crippen molar-refractivity contribution in [3.05, 3.63) is 0 Å². The van der Waals surface area contributed by atoms with Crippen molar-refractivity contribution in [1.29, 1.82) is 0 Å². The number of hydrogen-bond acceptors (Lipinski definition) is 2. The SMILES string of the molecule is C#CC(CC)NCC1(CO)CCCC1. The molecule has 1 atom stereocenters. The number of aliphatic hydroxyl groups is 1. The summed E-state index contributed by atoms with van der Waals surface area (Å²) in [5.41, 5.74) is 0.115. The van der Waals surface area contributed by atoms with E-state index in [1.165, 1.54) is 12.8 Å². The maximum absolute atomic E-state index is 9.38. The number of terminal acetylenes is 1. The fraction of sp³-hybridized carbons (Fsp3) is 0.833. The highest BCUT2D eigenvalue weighted by Crippen LogP contribution is 2.36. The van der Waals surface area contributed by atoms with E-state index >= 15 is 0 Å².